The highest BCUT2D eigenvalue weighted by atomic mass is 32.2. The number of carboxylic acid groups (broad SMARTS) is 1. The van der Waals surface area contributed by atoms with Gasteiger partial charge >= 0.3 is 76.6 Å². The van der Waals surface area contributed by atoms with E-state index in [1.165, 1.54) is 14.1 Å². The smallest absolute Gasteiger partial charge is 0.460 e. The average molecular weight is 885 g/mol. The molecule has 0 aromatic rings. The number of nitrogens with zero attached hydrogens (tertiary/aromatic N) is 2. The van der Waals surface area contributed by atoms with Gasteiger partial charge in [-0.1, -0.05) is 6.92 Å². The van der Waals surface area contributed by atoms with E-state index in [0.717, 1.165) is 0 Å². The topological polar surface area (TPSA) is 74.7 Å². The summed E-state index contributed by atoms with van der Waals surface area (Å²) in [6, 6.07) is 0. The molecular formula is C22H22F25N2O4S+. The number of hydrogen-bond donors (Lipinski definition) is 1. The summed E-state index contributed by atoms with van der Waals surface area (Å²) in [5.41, 5.74) is 0. The van der Waals surface area contributed by atoms with Crippen LogP contribution in [-0.2, 0) is 14.8 Å². The largest absolute Gasteiger partial charge is 0.481 e. The Balaban J connectivity index is 7.22. The molecule has 0 amide bonds. The van der Waals surface area contributed by atoms with E-state index in [1.54, 1.807) is 0 Å². The van der Waals surface area contributed by atoms with Crippen molar-refractivity contribution in [1.82, 2.24) is 4.31 Å². The standard InChI is InChI=1S/C22H21F25N2O4S/c1-4-48(7-5-8-49(2,3)9-6-10(50)51)54(52,53)22(46,47)20(41,42)18(37,38)16(33,34)14(29,30)12(25,26)11(23,24)13(27,28)15(31,32)17(35,36)19(39,40)21(43,44)45/h4-9H2,1-3H3/p+1. The van der Waals surface area contributed by atoms with Gasteiger partial charge in [-0.3, -0.25) is 4.79 Å². The summed E-state index contributed by atoms with van der Waals surface area (Å²) < 4.78 is 366. The van der Waals surface area contributed by atoms with E-state index in [-0.39, 0.29) is 6.54 Å². The SMILES string of the molecule is CCN(CCC[N+](C)(C)CCC(=O)O)S(=O)(=O)C(F)(F)C(F)(F)C(F)(F)C(F)(F)C(F)(F)C(F)(F)C(F)(F)C(F)(F)C(F)(F)C(F)(F)C(F)(F)C(F)(F)F. The third-order valence-electron chi connectivity index (χ3n) is 7.39. The Morgan fingerprint density at radius 1 is 0.519 bits per heavy atom. The van der Waals surface area contributed by atoms with Gasteiger partial charge in [-0.15, -0.1) is 0 Å². The van der Waals surface area contributed by atoms with Gasteiger partial charge in [0.05, 0.1) is 33.6 Å². The lowest BCUT2D eigenvalue weighted by Gasteiger charge is -2.45. The van der Waals surface area contributed by atoms with Crippen LogP contribution in [0.4, 0.5) is 110 Å². The second-order valence-electron chi connectivity index (χ2n) is 11.6. The molecule has 0 aliphatic heterocycles. The van der Waals surface area contributed by atoms with Crippen LogP contribution in [0.25, 0.3) is 0 Å². The Hall–Kier alpha value is -2.41. The van der Waals surface area contributed by atoms with Crippen molar-refractivity contribution >= 4 is 16.0 Å². The summed E-state index contributed by atoms with van der Waals surface area (Å²) in [6.45, 7) is -3.50. The second-order valence-corrected chi connectivity index (χ2v) is 13.6. The molecule has 1 N–H and O–H groups in total. The molecule has 324 valence electrons. The minimum absolute atomic E-state index is 0.326. The predicted molar refractivity (Wildman–Crippen MR) is 125 cm³/mol. The number of alkyl halides is 25. The van der Waals surface area contributed by atoms with Crippen LogP contribution in [0.15, 0.2) is 0 Å². The minimum atomic E-state index is -9.77. The lowest BCUT2D eigenvalue weighted by atomic mass is 9.85. The monoisotopic (exact) mass is 885 g/mol. The molecule has 0 fully saturated rings. The Kier molecular flexibility index (Phi) is 13.6. The van der Waals surface area contributed by atoms with Crippen molar-refractivity contribution in [3.63, 3.8) is 0 Å². The first kappa shape index (κ1) is 51.6. The second kappa shape index (κ2) is 14.2. The van der Waals surface area contributed by atoms with E-state index in [9.17, 15) is 123 Å². The maximum absolute atomic E-state index is 14.6. The quantitative estimate of drug-likeness (QED) is 0.0992. The van der Waals surface area contributed by atoms with Gasteiger partial charge in [-0.2, -0.15) is 114 Å². The van der Waals surface area contributed by atoms with E-state index in [1.807, 2.05) is 0 Å². The number of hydrogen-bond acceptors (Lipinski definition) is 3. The molecule has 0 heterocycles. The molecule has 0 aliphatic rings. The molecule has 0 aliphatic carbocycles. The molecule has 0 saturated carbocycles. The molecule has 0 rings (SSSR count). The first-order valence-corrected chi connectivity index (χ1v) is 14.8. The van der Waals surface area contributed by atoms with Gasteiger partial charge in [-0.05, 0) is 0 Å². The minimum Gasteiger partial charge on any atom is -0.481 e. The molecule has 32 heteroatoms. The number of sulfonamides is 1. The number of carbonyl (C=O) groups is 1. The molecule has 0 atom stereocenters. The van der Waals surface area contributed by atoms with Gasteiger partial charge in [0.15, 0.2) is 0 Å². The molecule has 0 aromatic carbocycles. The first-order chi connectivity index (χ1) is 23.1. The molecule has 0 bridgehead atoms. The summed E-state index contributed by atoms with van der Waals surface area (Å²) in [7, 11) is -5.34. The van der Waals surface area contributed by atoms with Crippen molar-refractivity contribution < 1.29 is 133 Å². The van der Waals surface area contributed by atoms with E-state index in [0.29, 0.717) is 6.92 Å². The van der Waals surface area contributed by atoms with Crippen LogP contribution >= 0.6 is 0 Å². The van der Waals surface area contributed by atoms with Crippen LogP contribution in [0.1, 0.15) is 19.8 Å². The average Bonchev–Trinajstić information content (AvgIpc) is 2.96. The van der Waals surface area contributed by atoms with Crippen molar-refractivity contribution in [2.45, 2.75) is 90.4 Å². The summed E-state index contributed by atoms with van der Waals surface area (Å²) in [5.74, 6) is -95.3. The van der Waals surface area contributed by atoms with Gasteiger partial charge in [0.1, 0.15) is 0 Å². The van der Waals surface area contributed by atoms with Crippen LogP contribution in [0, 0.1) is 0 Å². The van der Waals surface area contributed by atoms with Gasteiger partial charge in [0.25, 0.3) is 10.0 Å². The fourth-order valence-electron chi connectivity index (χ4n) is 3.90. The molecule has 6 nitrogen and oxygen atoms in total. The molecular weight excluding hydrogens is 863 g/mol. The van der Waals surface area contributed by atoms with E-state index in [2.05, 4.69) is 0 Å². The maximum Gasteiger partial charge on any atom is 0.460 e. The molecule has 0 unspecified atom stereocenters. The zero-order chi connectivity index (χ0) is 44.4. The van der Waals surface area contributed by atoms with Crippen molar-refractivity contribution in [1.29, 1.82) is 0 Å². The molecule has 54 heavy (non-hydrogen) atoms. The summed E-state index contributed by atoms with van der Waals surface area (Å²) in [6.07, 6.45) is -9.71. The van der Waals surface area contributed by atoms with Crippen molar-refractivity contribution in [2.24, 2.45) is 0 Å². The Labute approximate surface area is 284 Å². The molecule has 0 aromatic heterocycles. The zero-order valence-corrected chi connectivity index (χ0v) is 27.0. The first-order valence-electron chi connectivity index (χ1n) is 13.3. The van der Waals surface area contributed by atoms with Crippen LogP contribution in [0.5, 0.6) is 0 Å². The van der Waals surface area contributed by atoms with Gasteiger partial charge in [0.2, 0.25) is 0 Å². The predicted octanol–water partition coefficient (Wildman–Crippen LogP) is 8.09. The highest BCUT2D eigenvalue weighted by molar-refractivity contribution is 7.90. The fourth-order valence-corrected chi connectivity index (χ4v) is 5.38. The summed E-state index contributed by atoms with van der Waals surface area (Å²) >= 11 is 0. The lowest BCUT2D eigenvalue weighted by molar-refractivity contribution is -0.889. The third-order valence-corrected chi connectivity index (χ3v) is 9.41. The van der Waals surface area contributed by atoms with E-state index in [4.69, 9.17) is 5.11 Å². The van der Waals surface area contributed by atoms with Gasteiger partial charge in [-0.25, -0.2) is 8.42 Å². The number of aliphatic carboxylic acids is 1. The lowest BCUT2D eigenvalue weighted by Crippen LogP contribution is -2.78. The van der Waals surface area contributed by atoms with Crippen molar-refractivity contribution in [3.8, 4) is 0 Å². The van der Waals surface area contributed by atoms with Gasteiger partial charge < -0.3 is 9.59 Å². The van der Waals surface area contributed by atoms with Crippen LogP contribution in [0.3, 0.4) is 0 Å². The molecule has 0 spiro atoms. The fraction of sp³-hybridized carbons (Fsp3) is 0.955. The third kappa shape index (κ3) is 7.31. The number of carboxylic acids is 1. The summed E-state index contributed by atoms with van der Waals surface area (Å²) in [5, 5.41) is 0.685. The van der Waals surface area contributed by atoms with Crippen LogP contribution in [-0.4, -0.2) is 139 Å². The normalized spacial score (nSPS) is 16.3. The highest BCUT2D eigenvalue weighted by Gasteiger charge is 3.00. The molecule has 0 radical (unpaired) electrons. The number of quaternary nitrogens is 1. The number of rotatable bonds is 20. The number of halogens is 25. The van der Waals surface area contributed by atoms with Crippen molar-refractivity contribution in [3.05, 3.63) is 0 Å². The van der Waals surface area contributed by atoms with Crippen molar-refractivity contribution in [2.75, 3.05) is 40.3 Å². The highest BCUT2D eigenvalue weighted by Crippen LogP contribution is 2.68. The van der Waals surface area contributed by atoms with Gasteiger partial charge in [0, 0.05) is 19.5 Å². The Morgan fingerprint density at radius 2 is 0.796 bits per heavy atom. The molecule has 0 saturated heterocycles. The maximum atomic E-state index is 14.6. The summed E-state index contributed by atoms with van der Waals surface area (Å²) in [4.78, 5) is 10.7. The zero-order valence-electron chi connectivity index (χ0n) is 26.2. The van der Waals surface area contributed by atoms with Crippen LogP contribution < -0.4 is 0 Å². The Bertz CT molecular complexity index is 1460. The van der Waals surface area contributed by atoms with Crippen LogP contribution in [0.2, 0.25) is 0 Å². The Morgan fingerprint density at radius 3 is 1.06 bits per heavy atom. The van der Waals surface area contributed by atoms with E-state index < -0.39 is 128 Å². The van der Waals surface area contributed by atoms with E-state index >= 15 is 0 Å².